The Morgan fingerprint density at radius 1 is 1.38 bits per heavy atom. The Morgan fingerprint density at radius 2 is 2.10 bits per heavy atom. The summed E-state index contributed by atoms with van der Waals surface area (Å²) in [6.07, 6.45) is 0. The summed E-state index contributed by atoms with van der Waals surface area (Å²) in [5.41, 5.74) is 0.121. The zero-order valence-corrected chi connectivity index (χ0v) is 12.3. The molecule has 0 atom stereocenters. The van der Waals surface area contributed by atoms with Gasteiger partial charge in [-0.1, -0.05) is 6.07 Å². The van der Waals surface area contributed by atoms with E-state index in [1.807, 2.05) is 19.0 Å². The summed E-state index contributed by atoms with van der Waals surface area (Å²) in [7, 11) is 5.49. The van der Waals surface area contributed by atoms with Gasteiger partial charge in [0.25, 0.3) is 0 Å². The predicted molar refractivity (Wildman–Crippen MR) is 80.2 cm³/mol. The molecular formula is C15H18N2O4. The van der Waals surface area contributed by atoms with Crippen LogP contribution in [0.25, 0.3) is 10.9 Å². The molecule has 1 aromatic heterocycles. The van der Waals surface area contributed by atoms with Gasteiger partial charge in [0.2, 0.25) is 0 Å². The molecule has 0 aliphatic heterocycles. The minimum atomic E-state index is -1.14. The number of aromatic nitrogens is 1. The highest BCUT2D eigenvalue weighted by Gasteiger charge is 2.15. The van der Waals surface area contributed by atoms with E-state index >= 15 is 0 Å². The molecule has 21 heavy (non-hydrogen) atoms. The minimum Gasteiger partial charge on any atom is -0.490 e. The van der Waals surface area contributed by atoms with Gasteiger partial charge in [-0.05, 0) is 26.2 Å². The van der Waals surface area contributed by atoms with Crippen LogP contribution in [0.3, 0.4) is 0 Å². The average Bonchev–Trinajstić information content (AvgIpc) is 2.42. The summed E-state index contributed by atoms with van der Waals surface area (Å²) in [4.78, 5) is 25.3. The lowest BCUT2D eigenvalue weighted by atomic mass is 10.1. The number of aromatic carboxylic acids is 1. The fraction of sp³-hybridized carbons (Fsp3) is 0.333. The van der Waals surface area contributed by atoms with Gasteiger partial charge in [-0.2, -0.15) is 0 Å². The topological polar surface area (TPSA) is 71.8 Å². The molecule has 0 bridgehead atoms. The Bertz CT molecular complexity index is 734. The quantitative estimate of drug-likeness (QED) is 0.895. The van der Waals surface area contributed by atoms with Crippen molar-refractivity contribution in [2.24, 2.45) is 7.05 Å². The number of hydrogen-bond acceptors (Lipinski definition) is 4. The molecule has 0 saturated carbocycles. The Hall–Kier alpha value is -2.34. The lowest BCUT2D eigenvalue weighted by Gasteiger charge is -2.15. The number of carboxylic acid groups (broad SMARTS) is 1. The van der Waals surface area contributed by atoms with Crippen molar-refractivity contribution in [3.05, 3.63) is 40.2 Å². The van der Waals surface area contributed by atoms with E-state index in [0.717, 1.165) is 12.6 Å². The van der Waals surface area contributed by atoms with Crippen molar-refractivity contribution in [3.63, 3.8) is 0 Å². The standard InChI is InChI=1S/C15H18N2O4/c1-16(2)7-8-21-13-6-4-5-10-12(18)9-11(15(19)20)17(3)14(10)13/h4-6,9H,7-8H2,1-3H3,(H,19,20). The number of benzene rings is 1. The van der Waals surface area contributed by atoms with E-state index in [4.69, 9.17) is 4.74 Å². The predicted octanol–water partition coefficient (Wildman–Crippen LogP) is 1.18. The number of pyridine rings is 1. The SMILES string of the molecule is CN(C)CCOc1cccc2c(=O)cc(C(=O)O)n(C)c12. The fourth-order valence-corrected chi connectivity index (χ4v) is 2.15. The van der Waals surface area contributed by atoms with Gasteiger partial charge in [0.15, 0.2) is 5.43 Å². The van der Waals surface area contributed by atoms with E-state index in [-0.39, 0.29) is 11.1 Å². The van der Waals surface area contributed by atoms with Crippen molar-refractivity contribution >= 4 is 16.9 Å². The van der Waals surface area contributed by atoms with E-state index in [0.29, 0.717) is 23.3 Å². The Labute approximate surface area is 122 Å². The maximum atomic E-state index is 12.1. The number of carboxylic acids is 1. The van der Waals surface area contributed by atoms with Crippen molar-refractivity contribution in [3.8, 4) is 5.75 Å². The van der Waals surface area contributed by atoms with Gasteiger partial charge in [-0.25, -0.2) is 4.79 Å². The highest BCUT2D eigenvalue weighted by molar-refractivity contribution is 5.92. The number of rotatable bonds is 5. The number of carbonyl (C=O) groups is 1. The molecule has 0 unspecified atom stereocenters. The molecule has 1 heterocycles. The van der Waals surface area contributed by atoms with Crippen LogP contribution in [0.2, 0.25) is 0 Å². The third-order valence-corrected chi connectivity index (χ3v) is 3.24. The summed E-state index contributed by atoms with van der Waals surface area (Å²) in [6, 6.07) is 6.27. The van der Waals surface area contributed by atoms with Crippen LogP contribution in [0, 0.1) is 0 Å². The summed E-state index contributed by atoms with van der Waals surface area (Å²) in [5.74, 6) is -0.628. The van der Waals surface area contributed by atoms with Crippen LogP contribution in [-0.2, 0) is 7.05 Å². The second-order valence-electron chi connectivity index (χ2n) is 5.06. The molecule has 1 N–H and O–H groups in total. The maximum absolute atomic E-state index is 12.1. The zero-order chi connectivity index (χ0) is 15.6. The van der Waals surface area contributed by atoms with Crippen LogP contribution in [0.5, 0.6) is 5.75 Å². The van der Waals surface area contributed by atoms with Gasteiger partial charge in [0, 0.05) is 25.0 Å². The molecule has 2 aromatic rings. The number of hydrogen-bond donors (Lipinski definition) is 1. The maximum Gasteiger partial charge on any atom is 0.352 e. The normalized spacial score (nSPS) is 11.0. The minimum absolute atomic E-state index is 0.0591. The van der Waals surface area contributed by atoms with Crippen LogP contribution in [0.15, 0.2) is 29.1 Å². The van der Waals surface area contributed by atoms with Gasteiger partial charge in [0.05, 0.1) is 5.52 Å². The van der Waals surface area contributed by atoms with Crippen LogP contribution in [-0.4, -0.2) is 47.8 Å². The molecule has 0 aliphatic rings. The van der Waals surface area contributed by atoms with Gasteiger partial charge in [-0.15, -0.1) is 0 Å². The van der Waals surface area contributed by atoms with Gasteiger partial charge < -0.3 is 19.3 Å². The number of ether oxygens (including phenoxy) is 1. The lowest BCUT2D eigenvalue weighted by Crippen LogP contribution is -2.20. The van der Waals surface area contributed by atoms with E-state index in [2.05, 4.69) is 0 Å². The molecule has 6 nitrogen and oxygen atoms in total. The Kier molecular flexibility index (Phi) is 4.28. The van der Waals surface area contributed by atoms with Gasteiger partial charge in [-0.3, -0.25) is 4.79 Å². The first-order valence-electron chi connectivity index (χ1n) is 6.55. The third kappa shape index (κ3) is 3.05. The Balaban J connectivity index is 2.56. The lowest BCUT2D eigenvalue weighted by molar-refractivity contribution is 0.0686. The second kappa shape index (κ2) is 5.97. The van der Waals surface area contributed by atoms with Crippen LogP contribution >= 0.6 is 0 Å². The van der Waals surface area contributed by atoms with Crippen molar-refractivity contribution < 1.29 is 14.6 Å². The van der Waals surface area contributed by atoms with Crippen molar-refractivity contribution in [2.45, 2.75) is 0 Å². The number of likely N-dealkylation sites (N-methyl/N-ethyl adjacent to an activating group) is 1. The summed E-state index contributed by atoms with van der Waals surface area (Å²) >= 11 is 0. The molecule has 1 aromatic carbocycles. The molecule has 0 fully saturated rings. The van der Waals surface area contributed by atoms with Crippen LogP contribution < -0.4 is 10.2 Å². The Morgan fingerprint density at radius 3 is 2.71 bits per heavy atom. The van der Waals surface area contributed by atoms with E-state index in [1.54, 1.807) is 25.2 Å². The van der Waals surface area contributed by atoms with E-state index in [1.165, 1.54) is 4.57 Å². The van der Waals surface area contributed by atoms with E-state index in [9.17, 15) is 14.7 Å². The first-order chi connectivity index (χ1) is 9.91. The number of aryl methyl sites for hydroxylation is 1. The fourth-order valence-electron chi connectivity index (χ4n) is 2.15. The molecule has 0 saturated heterocycles. The smallest absolute Gasteiger partial charge is 0.352 e. The van der Waals surface area contributed by atoms with Crippen LogP contribution in [0.1, 0.15) is 10.5 Å². The monoisotopic (exact) mass is 290 g/mol. The van der Waals surface area contributed by atoms with Crippen molar-refractivity contribution in [1.29, 1.82) is 0 Å². The number of nitrogens with zero attached hydrogens (tertiary/aromatic N) is 2. The number of fused-ring (bicyclic) bond motifs is 1. The molecule has 112 valence electrons. The third-order valence-electron chi connectivity index (χ3n) is 3.24. The van der Waals surface area contributed by atoms with Gasteiger partial charge >= 0.3 is 5.97 Å². The number of para-hydroxylation sites is 1. The second-order valence-corrected chi connectivity index (χ2v) is 5.06. The summed E-state index contributed by atoms with van der Waals surface area (Å²) in [6.45, 7) is 1.18. The molecule has 2 rings (SSSR count). The molecular weight excluding hydrogens is 272 g/mol. The average molecular weight is 290 g/mol. The van der Waals surface area contributed by atoms with Crippen molar-refractivity contribution in [2.75, 3.05) is 27.2 Å². The van der Waals surface area contributed by atoms with E-state index < -0.39 is 5.97 Å². The molecule has 0 amide bonds. The highest BCUT2D eigenvalue weighted by atomic mass is 16.5. The zero-order valence-electron chi connectivity index (χ0n) is 12.3. The summed E-state index contributed by atoms with van der Waals surface area (Å²) < 4.78 is 7.18. The molecule has 0 radical (unpaired) electrons. The summed E-state index contributed by atoms with van der Waals surface area (Å²) in [5, 5.41) is 9.63. The first-order valence-corrected chi connectivity index (χ1v) is 6.55. The largest absolute Gasteiger partial charge is 0.490 e. The molecule has 0 aliphatic carbocycles. The van der Waals surface area contributed by atoms with Crippen molar-refractivity contribution in [1.82, 2.24) is 9.47 Å². The first kappa shape index (κ1) is 15.1. The highest BCUT2D eigenvalue weighted by Crippen LogP contribution is 2.24. The van der Waals surface area contributed by atoms with Gasteiger partial charge in [0.1, 0.15) is 18.1 Å². The molecule has 0 spiro atoms. The van der Waals surface area contributed by atoms with Crippen LogP contribution in [0.4, 0.5) is 0 Å². The molecule has 6 heteroatoms.